The number of rotatable bonds is 5. The molecule has 0 saturated carbocycles. The molecule has 0 bridgehead atoms. The highest BCUT2D eigenvalue weighted by Gasteiger charge is 2.15. The van der Waals surface area contributed by atoms with Gasteiger partial charge in [0.15, 0.2) is 0 Å². The zero-order valence-electron chi connectivity index (χ0n) is 10.4. The molecule has 0 saturated heterocycles. The molecule has 2 aromatic rings. The average Bonchev–Trinajstić information content (AvgIpc) is 2.86. The molecule has 0 amide bonds. The van der Waals surface area contributed by atoms with E-state index in [1.165, 1.54) is 0 Å². The maximum absolute atomic E-state index is 4.02. The Bertz CT molecular complexity index is 484. The van der Waals surface area contributed by atoms with Gasteiger partial charge in [-0.05, 0) is 35.4 Å². The minimum absolute atomic E-state index is 0.290. The van der Waals surface area contributed by atoms with Crippen LogP contribution in [0.25, 0.3) is 5.69 Å². The van der Waals surface area contributed by atoms with Crippen LogP contribution >= 0.6 is 15.9 Å². The normalized spacial score (nSPS) is 14.2. The summed E-state index contributed by atoms with van der Waals surface area (Å²) in [4.78, 5) is 0. The fourth-order valence-electron chi connectivity index (χ4n) is 1.50. The topological polar surface area (TPSA) is 55.6 Å². The van der Waals surface area contributed by atoms with Gasteiger partial charge in [-0.3, -0.25) is 0 Å². The summed E-state index contributed by atoms with van der Waals surface area (Å²) in [7, 11) is 0. The highest BCUT2D eigenvalue weighted by atomic mass is 79.9. The quantitative estimate of drug-likeness (QED) is 0.862. The molecular formula is C12H16BrN5. The predicted molar refractivity (Wildman–Crippen MR) is 75.2 cm³/mol. The number of hydrogen-bond acceptors (Lipinski definition) is 4. The van der Waals surface area contributed by atoms with Crippen molar-refractivity contribution < 1.29 is 0 Å². The van der Waals surface area contributed by atoms with Crippen LogP contribution in [-0.4, -0.2) is 31.6 Å². The number of benzene rings is 1. The van der Waals surface area contributed by atoms with Gasteiger partial charge in [0.2, 0.25) is 5.95 Å². The second kappa shape index (κ2) is 5.95. The Kier molecular flexibility index (Phi) is 4.30. The molecule has 96 valence electrons. The maximum Gasteiger partial charge on any atom is 0.247 e. The van der Waals surface area contributed by atoms with E-state index in [-0.39, 0.29) is 6.04 Å². The van der Waals surface area contributed by atoms with Crippen molar-refractivity contribution in [2.45, 2.75) is 19.9 Å². The minimum Gasteiger partial charge on any atom is -0.350 e. The smallest absolute Gasteiger partial charge is 0.247 e. The molecule has 0 fully saturated rings. The van der Waals surface area contributed by atoms with Gasteiger partial charge in [-0.1, -0.05) is 46.2 Å². The van der Waals surface area contributed by atoms with E-state index >= 15 is 0 Å². The third-order valence-electron chi connectivity index (χ3n) is 2.92. The van der Waals surface area contributed by atoms with Gasteiger partial charge in [-0.15, -0.1) is 0 Å². The first-order valence-corrected chi connectivity index (χ1v) is 7.01. The molecule has 0 aliphatic heterocycles. The zero-order chi connectivity index (χ0) is 13.0. The molecule has 0 aliphatic carbocycles. The van der Waals surface area contributed by atoms with Gasteiger partial charge >= 0.3 is 0 Å². The number of alkyl halides is 1. The number of anilines is 1. The third-order valence-corrected chi connectivity index (χ3v) is 3.95. The van der Waals surface area contributed by atoms with Crippen molar-refractivity contribution in [1.82, 2.24) is 20.2 Å². The molecule has 1 N–H and O–H groups in total. The molecule has 0 radical (unpaired) electrons. The number of nitrogens with one attached hydrogen (secondary N) is 1. The Morgan fingerprint density at radius 2 is 2.00 bits per heavy atom. The van der Waals surface area contributed by atoms with E-state index in [1.807, 2.05) is 30.3 Å². The summed E-state index contributed by atoms with van der Waals surface area (Å²) in [5.41, 5.74) is 0.948. The van der Waals surface area contributed by atoms with Gasteiger partial charge in [0, 0.05) is 11.4 Å². The van der Waals surface area contributed by atoms with Crippen LogP contribution in [0.1, 0.15) is 13.8 Å². The number of aromatic nitrogens is 4. The third kappa shape index (κ3) is 2.87. The van der Waals surface area contributed by atoms with E-state index in [4.69, 9.17) is 0 Å². The van der Waals surface area contributed by atoms with Gasteiger partial charge in [0.05, 0.1) is 5.69 Å². The second-order valence-corrected chi connectivity index (χ2v) is 4.96. The number of hydrogen-bond donors (Lipinski definition) is 1. The maximum atomic E-state index is 4.02. The zero-order valence-corrected chi connectivity index (χ0v) is 12.0. The number of halogens is 1. The molecule has 6 heteroatoms. The Labute approximate surface area is 115 Å². The molecule has 2 unspecified atom stereocenters. The highest BCUT2D eigenvalue weighted by molar-refractivity contribution is 9.09. The van der Waals surface area contributed by atoms with Gasteiger partial charge in [-0.2, -0.15) is 4.68 Å². The lowest BCUT2D eigenvalue weighted by Crippen LogP contribution is -2.26. The van der Waals surface area contributed by atoms with Crippen LogP contribution in [-0.2, 0) is 0 Å². The van der Waals surface area contributed by atoms with Crippen LogP contribution in [0.4, 0.5) is 5.95 Å². The summed E-state index contributed by atoms with van der Waals surface area (Å²) in [5, 5.41) is 16.0. The Morgan fingerprint density at radius 3 is 2.67 bits per heavy atom. The number of nitrogens with zero attached hydrogens (tertiary/aromatic N) is 4. The fraction of sp³-hybridized carbons (Fsp3) is 0.417. The largest absolute Gasteiger partial charge is 0.350 e. The molecular weight excluding hydrogens is 294 g/mol. The molecule has 18 heavy (non-hydrogen) atoms. The summed E-state index contributed by atoms with van der Waals surface area (Å²) >= 11 is 3.48. The molecule has 2 atom stereocenters. The lowest BCUT2D eigenvalue weighted by atomic mass is 10.1. The fourth-order valence-corrected chi connectivity index (χ4v) is 2.06. The van der Waals surface area contributed by atoms with E-state index in [1.54, 1.807) is 4.68 Å². The number of tetrazole rings is 1. The SMILES string of the molecule is CC(CBr)C(C)Nc1nnnn1-c1ccccc1. The van der Waals surface area contributed by atoms with Crippen LogP contribution in [0, 0.1) is 5.92 Å². The Hall–Kier alpha value is -1.43. The molecule has 1 heterocycles. The highest BCUT2D eigenvalue weighted by Crippen LogP contribution is 2.15. The van der Waals surface area contributed by atoms with Crippen molar-refractivity contribution in [2.75, 3.05) is 10.6 Å². The Balaban J connectivity index is 2.19. The van der Waals surface area contributed by atoms with Crippen molar-refractivity contribution in [3.8, 4) is 5.69 Å². The molecule has 1 aromatic heterocycles. The molecule has 2 rings (SSSR count). The average molecular weight is 310 g/mol. The van der Waals surface area contributed by atoms with Crippen LogP contribution in [0.3, 0.4) is 0 Å². The van der Waals surface area contributed by atoms with Crippen molar-refractivity contribution in [3.05, 3.63) is 30.3 Å². The Morgan fingerprint density at radius 1 is 1.28 bits per heavy atom. The van der Waals surface area contributed by atoms with Crippen molar-refractivity contribution in [3.63, 3.8) is 0 Å². The molecule has 0 spiro atoms. The van der Waals surface area contributed by atoms with Crippen LogP contribution in [0.5, 0.6) is 0 Å². The first-order valence-electron chi connectivity index (χ1n) is 5.88. The van der Waals surface area contributed by atoms with Crippen LogP contribution < -0.4 is 5.32 Å². The molecule has 1 aromatic carbocycles. The van der Waals surface area contributed by atoms with E-state index < -0.39 is 0 Å². The van der Waals surface area contributed by atoms with E-state index in [0.717, 1.165) is 11.0 Å². The second-order valence-electron chi connectivity index (χ2n) is 4.31. The van der Waals surface area contributed by atoms with E-state index in [0.29, 0.717) is 11.9 Å². The van der Waals surface area contributed by atoms with Gasteiger partial charge in [0.25, 0.3) is 0 Å². The van der Waals surface area contributed by atoms with E-state index in [9.17, 15) is 0 Å². The molecule has 0 aliphatic rings. The lowest BCUT2D eigenvalue weighted by Gasteiger charge is -2.19. The first kappa shape index (κ1) is 13.0. The van der Waals surface area contributed by atoms with Crippen LogP contribution in [0.2, 0.25) is 0 Å². The summed E-state index contributed by atoms with van der Waals surface area (Å²) in [5.74, 6) is 1.16. The van der Waals surface area contributed by atoms with Crippen LogP contribution in [0.15, 0.2) is 30.3 Å². The van der Waals surface area contributed by atoms with Crippen molar-refractivity contribution in [2.24, 2.45) is 5.92 Å². The summed E-state index contributed by atoms with van der Waals surface area (Å²) in [6.45, 7) is 4.29. The number of para-hydroxylation sites is 1. The lowest BCUT2D eigenvalue weighted by molar-refractivity contribution is 0.566. The monoisotopic (exact) mass is 309 g/mol. The minimum atomic E-state index is 0.290. The van der Waals surface area contributed by atoms with Crippen molar-refractivity contribution in [1.29, 1.82) is 0 Å². The summed E-state index contributed by atoms with van der Waals surface area (Å²) in [6.07, 6.45) is 0. The summed E-state index contributed by atoms with van der Waals surface area (Å²) < 4.78 is 1.71. The van der Waals surface area contributed by atoms with Gasteiger partial charge in [0.1, 0.15) is 0 Å². The standard InChI is InChI=1S/C12H16BrN5/c1-9(8-13)10(2)14-12-15-16-17-18(12)11-6-4-3-5-7-11/h3-7,9-10H,8H2,1-2H3,(H,14,15,17). The predicted octanol–water partition coefficient (Wildman–Crippen LogP) is 2.49. The van der Waals surface area contributed by atoms with Gasteiger partial charge < -0.3 is 5.32 Å². The first-order chi connectivity index (χ1) is 8.72. The van der Waals surface area contributed by atoms with Crippen molar-refractivity contribution >= 4 is 21.9 Å². The summed E-state index contributed by atoms with van der Waals surface area (Å²) in [6, 6.07) is 10.1. The van der Waals surface area contributed by atoms with E-state index in [2.05, 4.69) is 50.6 Å². The molecule has 5 nitrogen and oxygen atoms in total. The van der Waals surface area contributed by atoms with Gasteiger partial charge in [-0.25, -0.2) is 0 Å².